The molecule has 0 bridgehead atoms. The maximum absolute atomic E-state index is 12.4. The van der Waals surface area contributed by atoms with Gasteiger partial charge in [0.15, 0.2) is 5.82 Å². The van der Waals surface area contributed by atoms with E-state index in [1.807, 2.05) is 36.4 Å². The Kier molecular flexibility index (Phi) is 8.30. The number of alkyl halides is 6. The fourth-order valence-corrected chi connectivity index (χ4v) is 3.25. The summed E-state index contributed by atoms with van der Waals surface area (Å²) >= 11 is 0. The van der Waals surface area contributed by atoms with Crippen LogP contribution in [-0.4, -0.2) is 53.5 Å². The highest BCUT2D eigenvalue weighted by atomic mass is 19.4. The summed E-state index contributed by atoms with van der Waals surface area (Å²) in [5.74, 6) is -2.07. The number of carboxylic acids is 1. The van der Waals surface area contributed by atoms with E-state index in [0.717, 1.165) is 11.1 Å². The fourth-order valence-electron chi connectivity index (χ4n) is 3.25. The molecule has 0 aliphatic rings. The van der Waals surface area contributed by atoms with Gasteiger partial charge in [-0.05, 0) is 42.0 Å². The lowest BCUT2D eigenvalue weighted by Crippen LogP contribution is -2.21. The Morgan fingerprint density at radius 2 is 1.56 bits per heavy atom. The summed E-state index contributed by atoms with van der Waals surface area (Å²) < 4.78 is 79.8. The number of ether oxygens (including phenoxy) is 1. The molecule has 2 aromatic carbocycles. The Hall–Kier alpha value is -5.28. The first-order valence-corrected chi connectivity index (χ1v) is 11.3. The lowest BCUT2D eigenvalue weighted by molar-refractivity contribution is -0.274. The van der Waals surface area contributed by atoms with Gasteiger partial charge in [0.05, 0.1) is 6.54 Å². The predicted octanol–water partition coefficient (Wildman–Crippen LogP) is 5.64. The van der Waals surface area contributed by atoms with Gasteiger partial charge in [-0.2, -0.15) is 18.2 Å². The first-order valence-electron chi connectivity index (χ1n) is 11.3. The van der Waals surface area contributed by atoms with E-state index in [9.17, 15) is 26.3 Å². The van der Waals surface area contributed by atoms with Crippen molar-refractivity contribution in [3.8, 4) is 40.2 Å². The number of aromatic nitrogens is 6. The third-order valence-electron chi connectivity index (χ3n) is 4.97. The molecule has 3 heterocycles. The van der Waals surface area contributed by atoms with Crippen molar-refractivity contribution in [2.75, 3.05) is 0 Å². The Balaban J connectivity index is 0.000000493. The van der Waals surface area contributed by atoms with Gasteiger partial charge >= 0.3 is 18.5 Å². The Labute approximate surface area is 225 Å². The second-order valence-corrected chi connectivity index (χ2v) is 7.94. The molecule has 0 spiro atoms. The highest BCUT2D eigenvalue weighted by molar-refractivity contribution is 5.73. The van der Waals surface area contributed by atoms with Crippen LogP contribution in [0.25, 0.3) is 34.5 Å². The van der Waals surface area contributed by atoms with Crippen LogP contribution in [0.4, 0.5) is 26.3 Å². The van der Waals surface area contributed by atoms with Crippen LogP contribution in [-0.2, 0) is 11.3 Å². The monoisotopic (exact) mass is 578 g/mol. The second kappa shape index (κ2) is 11.8. The lowest BCUT2D eigenvalue weighted by atomic mass is 10.2. The van der Waals surface area contributed by atoms with E-state index in [1.165, 1.54) is 24.3 Å². The molecule has 0 aliphatic heterocycles. The minimum Gasteiger partial charge on any atom is -0.475 e. The fraction of sp³-hybridized carbons (Fsp3) is 0.120. The van der Waals surface area contributed by atoms with Crippen molar-refractivity contribution in [3.05, 3.63) is 84.7 Å². The number of aliphatic carboxylic acids is 1. The first-order chi connectivity index (χ1) is 19.4. The Morgan fingerprint density at radius 1 is 0.878 bits per heavy atom. The normalized spacial score (nSPS) is 11.5. The standard InChI is InChI=1S/C23H15F3N6O2.C2HF3O2/c24-23(25,26)33-18-10-8-16(9-11-18)19-29-22(34-31-19)20-28-21(17-7-4-12-27-13-17)32(30-20)14-15-5-2-1-3-6-15;3-2(4,5)1(6)7/h1-13H,14H2;(H,6,7). The minimum absolute atomic E-state index is 0.0718. The van der Waals surface area contributed by atoms with Crippen LogP contribution < -0.4 is 4.74 Å². The average molecular weight is 578 g/mol. The minimum atomic E-state index is -5.08. The maximum atomic E-state index is 12.4. The van der Waals surface area contributed by atoms with Crippen molar-refractivity contribution in [1.82, 2.24) is 29.9 Å². The number of hydrogen-bond donors (Lipinski definition) is 1. The van der Waals surface area contributed by atoms with E-state index < -0.39 is 18.5 Å². The molecule has 16 heteroatoms. The summed E-state index contributed by atoms with van der Waals surface area (Å²) in [6.45, 7) is 0.458. The quantitative estimate of drug-likeness (QED) is 0.255. The summed E-state index contributed by atoms with van der Waals surface area (Å²) in [5.41, 5.74) is 2.23. The molecule has 0 unspecified atom stereocenters. The first kappa shape index (κ1) is 28.7. The third kappa shape index (κ3) is 7.87. The van der Waals surface area contributed by atoms with Crippen LogP contribution in [0.15, 0.2) is 83.6 Å². The highest BCUT2D eigenvalue weighted by Gasteiger charge is 2.38. The molecule has 0 amide bonds. The zero-order valence-electron chi connectivity index (χ0n) is 20.3. The SMILES string of the molecule is FC(F)(F)Oc1ccc(-c2noc(-c3nc(-c4cccnc4)n(Cc4ccccc4)n3)n2)cc1.O=C(O)C(F)(F)F. The van der Waals surface area contributed by atoms with E-state index in [-0.39, 0.29) is 23.3 Å². The molecule has 0 saturated carbocycles. The molecule has 41 heavy (non-hydrogen) atoms. The van der Waals surface area contributed by atoms with Crippen molar-refractivity contribution in [2.45, 2.75) is 19.1 Å². The number of rotatable bonds is 6. The summed E-state index contributed by atoms with van der Waals surface area (Å²) in [6.07, 6.45) is -6.51. The molecular weight excluding hydrogens is 562 g/mol. The van der Waals surface area contributed by atoms with Gasteiger partial charge < -0.3 is 14.4 Å². The van der Waals surface area contributed by atoms with Crippen molar-refractivity contribution in [2.24, 2.45) is 0 Å². The average Bonchev–Trinajstić information content (AvgIpc) is 3.57. The molecule has 0 fully saturated rings. The number of nitrogens with zero attached hydrogens (tertiary/aromatic N) is 6. The largest absolute Gasteiger partial charge is 0.573 e. The molecule has 0 atom stereocenters. The van der Waals surface area contributed by atoms with E-state index in [1.54, 1.807) is 23.1 Å². The van der Waals surface area contributed by atoms with Gasteiger partial charge in [-0.1, -0.05) is 35.5 Å². The Bertz CT molecular complexity index is 1590. The van der Waals surface area contributed by atoms with Gasteiger partial charge in [0.1, 0.15) is 5.75 Å². The van der Waals surface area contributed by atoms with Crippen LogP contribution >= 0.6 is 0 Å². The van der Waals surface area contributed by atoms with Crippen LogP contribution in [0.5, 0.6) is 5.75 Å². The van der Waals surface area contributed by atoms with Gasteiger partial charge in [-0.25, -0.2) is 14.5 Å². The molecule has 5 rings (SSSR count). The number of hydrogen-bond acceptors (Lipinski definition) is 8. The van der Waals surface area contributed by atoms with E-state index in [0.29, 0.717) is 17.9 Å². The summed E-state index contributed by atoms with van der Waals surface area (Å²) in [4.78, 5) is 21.9. The number of carbonyl (C=O) groups is 1. The van der Waals surface area contributed by atoms with Crippen molar-refractivity contribution >= 4 is 5.97 Å². The summed E-state index contributed by atoms with van der Waals surface area (Å²) in [7, 11) is 0. The summed E-state index contributed by atoms with van der Waals surface area (Å²) in [5, 5.41) is 15.6. The lowest BCUT2D eigenvalue weighted by Gasteiger charge is -2.08. The van der Waals surface area contributed by atoms with E-state index >= 15 is 0 Å². The molecule has 10 nitrogen and oxygen atoms in total. The topological polar surface area (TPSA) is 129 Å². The van der Waals surface area contributed by atoms with Crippen molar-refractivity contribution in [3.63, 3.8) is 0 Å². The number of halogens is 6. The van der Waals surface area contributed by atoms with Gasteiger partial charge in [0, 0.05) is 23.5 Å². The zero-order chi connectivity index (χ0) is 29.6. The molecule has 1 N–H and O–H groups in total. The summed E-state index contributed by atoms with van der Waals surface area (Å²) in [6, 6.07) is 18.6. The number of benzene rings is 2. The van der Waals surface area contributed by atoms with Crippen LogP contribution in [0, 0.1) is 0 Å². The molecule has 0 radical (unpaired) electrons. The number of carboxylic acid groups (broad SMARTS) is 1. The van der Waals surface area contributed by atoms with Gasteiger partial charge in [0.2, 0.25) is 11.6 Å². The molecule has 0 aliphatic carbocycles. The third-order valence-corrected chi connectivity index (χ3v) is 4.97. The zero-order valence-corrected chi connectivity index (χ0v) is 20.3. The molecule has 3 aromatic heterocycles. The van der Waals surface area contributed by atoms with Crippen LogP contribution in [0.1, 0.15) is 5.56 Å². The second-order valence-electron chi connectivity index (χ2n) is 7.94. The van der Waals surface area contributed by atoms with Crippen molar-refractivity contribution in [1.29, 1.82) is 0 Å². The van der Waals surface area contributed by atoms with Gasteiger partial charge in [-0.3, -0.25) is 4.98 Å². The predicted molar refractivity (Wildman–Crippen MR) is 128 cm³/mol. The van der Waals surface area contributed by atoms with E-state index in [4.69, 9.17) is 14.4 Å². The molecule has 0 saturated heterocycles. The highest BCUT2D eigenvalue weighted by Crippen LogP contribution is 2.27. The smallest absolute Gasteiger partial charge is 0.475 e. The van der Waals surface area contributed by atoms with E-state index in [2.05, 4.69) is 29.9 Å². The molecule has 5 aromatic rings. The van der Waals surface area contributed by atoms with Gasteiger partial charge in [-0.15, -0.1) is 18.3 Å². The van der Waals surface area contributed by atoms with Crippen LogP contribution in [0.3, 0.4) is 0 Å². The van der Waals surface area contributed by atoms with Crippen LogP contribution in [0.2, 0.25) is 0 Å². The van der Waals surface area contributed by atoms with Gasteiger partial charge in [0.25, 0.3) is 5.89 Å². The molecule has 212 valence electrons. The molecular formula is C25H16F6N6O4. The maximum Gasteiger partial charge on any atom is 0.573 e. The van der Waals surface area contributed by atoms with Crippen molar-refractivity contribution < 1.29 is 45.5 Å². The number of pyridine rings is 1. The Morgan fingerprint density at radius 3 is 2.15 bits per heavy atom.